The van der Waals surface area contributed by atoms with Crippen LogP contribution in [0.1, 0.15) is 23.6 Å². The number of carbonyl (C=O) groups is 1. The van der Waals surface area contributed by atoms with Crippen LogP contribution in [0.25, 0.3) is 0 Å². The topological polar surface area (TPSA) is 75.7 Å². The van der Waals surface area contributed by atoms with Gasteiger partial charge < -0.3 is 10.1 Å². The molecule has 1 aliphatic rings. The highest BCUT2D eigenvalue weighted by Gasteiger charge is 2.39. The Hall–Kier alpha value is -3.16. The molecule has 3 aromatic carbocycles. The van der Waals surface area contributed by atoms with E-state index in [4.69, 9.17) is 4.74 Å². The van der Waals surface area contributed by atoms with Crippen molar-refractivity contribution < 1.29 is 17.9 Å². The Morgan fingerprint density at radius 3 is 2.38 bits per heavy atom. The second kappa shape index (κ2) is 9.54. The first-order valence-electron chi connectivity index (χ1n) is 10.6. The molecule has 0 saturated heterocycles. The van der Waals surface area contributed by atoms with Crippen LogP contribution in [0.5, 0.6) is 5.75 Å². The number of amides is 1. The van der Waals surface area contributed by atoms with E-state index >= 15 is 0 Å². The first-order valence-corrected chi connectivity index (χ1v) is 12.1. The van der Waals surface area contributed by atoms with Gasteiger partial charge in [0.25, 0.3) is 0 Å². The van der Waals surface area contributed by atoms with E-state index in [0.717, 1.165) is 16.7 Å². The molecule has 32 heavy (non-hydrogen) atoms. The first-order chi connectivity index (χ1) is 15.5. The Balaban J connectivity index is 1.62. The Morgan fingerprint density at radius 2 is 1.62 bits per heavy atom. The maximum Gasteiger partial charge on any atom is 0.244 e. The van der Waals surface area contributed by atoms with Crippen molar-refractivity contribution >= 4 is 15.9 Å². The van der Waals surface area contributed by atoms with Crippen LogP contribution in [0.15, 0.2) is 83.8 Å². The van der Waals surface area contributed by atoms with Crippen LogP contribution in [-0.4, -0.2) is 31.3 Å². The third kappa shape index (κ3) is 4.54. The lowest BCUT2D eigenvalue weighted by Gasteiger charge is -2.35. The number of hydrogen-bond donors (Lipinski definition) is 1. The van der Waals surface area contributed by atoms with E-state index in [0.29, 0.717) is 18.8 Å². The second-order valence-electron chi connectivity index (χ2n) is 7.61. The van der Waals surface area contributed by atoms with E-state index in [1.165, 1.54) is 4.31 Å². The average molecular weight is 451 g/mol. The van der Waals surface area contributed by atoms with E-state index in [1.54, 1.807) is 30.3 Å². The van der Waals surface area contributed by atoms with E-state index in [9.17, 15) is 13.2 Å². The smallest absolute Gasteiger partial charge is 0.244 e. The van der Waals surface area contributed by atoms with E-state index in [-0.39, 0.29) is 23.9 Å². The molecule has 0 radical (unpaired) electrons. The summed E-state index contributed by atoms with van der Waals surface area (Å²) in [5, 5.41) is 2.93. The van der Waals surface area contributed by atoms with Gasteiger partial charge >= 0.3 is 0 Å². The molecule has 166 valence electrons. The molecular formula is C25H26N2O4S. The molecule has 1 aliphatic heterocycles. The summed E-state index contributed by atoms with van der Waals surface area (Å²) < 4.78 is 33.9. The normalized spacial score (nSPS) is 16.2. The van der Waals surface area contributed by atoms with E-state index < -0.39 is 16.1 Å². The molecule has 1 atom stereocenters. The molecule has 1 N–H and O–H groups in total. The number of sulfonamides is 1. The van der Waals surface area contributed by atoms with Crippen molar-refractivity contribution in [1.29, 1.82) is 0 Å². The summed E-state index contributed by atoms with van der Waals surface area (Å²) in [7, 11) is -3.85. The number of fused-ring (bicyclic) bond motifs is 1. The van der Waals surface area contributed by atoms with Gasteiger partial charge in [0.2, 0.25) is 15.9 Å². The molecule has 7 heteroatoms. The van der Waals surface area contributed by atoms with Crippen LogP contribution < -0.4 is 10.1 Å². The summed E-state index contributed by atoms with van der Waals surface area (Å²) in [6.45, 7) is 2.84. The average Bonchev–Trinajstić information content (AvgIpc) is 2.83. The molecular weight excluding hydrogens is 424 g/mol. The number of carbonyl (C=O) groups excluding carboxylic acids is 1. The van der Waals surface area contributed by atoms with Crippen LogP contribution in [0.2, 0.25) is 0 Å². The largest absolute Gasteiger partial charge is 0.494 e. The molecule has 0 aliphatic carbocycles. The molecule has 4 rings (SSSR count). The summed E-state index contributed by atoms with van der Waals surface area (Å²) in [5.74, 6) is 0.378. The van der Waals surface area contributed by atoms with Crippen molar-refractivity contribution in [2.45, 2.75) is 37.4 Å². The number of hydrogen-bond acceptors (Lipinski definition) is 4. The minimum atomic E-state index is -3.85. The second-order valence-corrected chi connectivity index (χ2v) is 9.50. The van der Waals surface area contributed by atoms with Crippen LogP contribution in [0.3, 0.4) is 0 Å². The highest BCUT2D eigenvalue weighted by atomic mass is 32.2. The van der Waals surface area contributed by atoms with Gasteiger partial charge in [0.15, 0.2) is 0 Å². The fourth-order valence-electron chi connectivity index (χ4n) is 3.95. The highest BCUT2D eigenvalue weighted by Crippen LogP contribution is 2.29. The minimum absolute atomic E-state index is 0.154. The number of nitrogens with zero attached hydrogens (tertiary/aromatic N) is 1. The fraction of sp³-hybridized carbons (Fsp3) is 0.240. The number of ether oxygens (including phenoxy) is 1. The van der Waals surface area contributed by atoms with E-state index in [1.807, 2.05) is 55.5 Å². The summed E-state index contributed by atoms with van der Waals surface area (Å²) in [6.07, 6.45) is 0.321. The molecule has 0 saturated carbocycles. The molecule has 6 nitrogen and oxygen atoms in total. The van der Waals surface area contributed by atoms with Crippen molar-refractivity contribution in [3.8, 4) is 5.75 Å². The zero-order valence-corrected chi connectivity index (χ0v) is 18.7. The minimum Gasteiger partial charge on any atom is -0.494 e. The van der Waals surface area contributed by atoms with Crippen molar-refractivity contribution in [1.82, 2.24) is 9.62 Å². The third-order valence-corrected chi connectivity index (χ3v) is 7.45. The predicted octanol–water partition coefficient (Wildman–Crippen LogP) is 3.52. The predicted molar refractivity (Wildman–Crippen MR) is 123 cm³/mol. The van der Waals surface area contributed by atoms with Gasteiger partial charge in [-0.2, -0.15) is 4.31 Å². The SMILES string of the molecule is CCOc1ccccc1CNC(=O)[C@@H]1Cc2ccccc2CN1S(=O)(=O)c1ccccc1. The maximum absolute atomic E-state index is 13.5. The van der Waals surface area contributed by atoms with Crippen molar-refractivity contribution in [2.24, 2.45) is 0 Å². The summed E-state index contributed by atoms with van der Waals surface area (Å²) in [6, 6.07) is 22.6. The Kier molecular flexibility index (Phi) is 6.58. The number of benzene rings is 3. The van der Waals surface area contributed by atoms with Crippen LogP contribution in [0.4, 0.5) is 0 Å². The van der Waals surface area contributed by atoms with Gasteiger partial charge in [0.1, 0.15) is 11.8 Å². The van der Waals surface area contributed by atoms with Gasteiger partial charge in [-0.25, -0.2) is 8.42 Å². The van der Waals surface area contributed by atoms with E-state index in [2.05, 4.69) is 5.32 Å². The molecule has 1 heterocycles. The van der Waals surface area contributed by atoms with Crippen LogP contribution >= 0.6 is 0 Å². The quantitative estimate of drug-likeness (QED) is 0.598. The molecule has 3 aromatic rings. The first kappa shape index (κ1) is 22.0. The van der Waals surface area contributed by atoms with Gasteiger partial charge in [0.05, 0.1) is 11.5 Å². The number of rotatable bonds is 7. The number of para-hydroxylation sites is 1. The molecule has 0 unspecified atom stereocenters. The Labute approximate surface area is 188 Å². The molecule has 0 fully saturated rings. The molecule has 0 bridgehead atoms. The van der Waals surface area contributed by atoms with Crippen LogP contribution in [-0.2, 0) is 34.3 Å². The zero-order chi connectivity index (χ0) is 22.6. The third-order valence-electron chi connectivity index (χ3n) is 5.58. The van der Waals surface area contributed by atoms with Gasteiger partial charge in [-0.15, -0.1) is 0 Å². The van der Waals surface area contributed by atoms with Gasteiger partial charge in [0, 0.05) is 18.7 Å². The summed E-state index contributed by atoms with van der Waals surface area (Å²) in [4.78, 5) is 13.5. The van der Waals surface area contributed by atoms with Crippen molar-refractivity contribution in [3.63, 3.8) is 0 Å². The van der Waals surface area contributed by atoms with Gasteiger partial charge in [-0.3, -0.25) is 4.79 Å². The number of nitrogens with one attached hydrogen (secondary N) is 1. The summed E-state index contributed by atoms with van der Waals surface area (Å²) >= 11 is 0. The fourth-order valence-corrected chi connectivity index (χ4v) is 5.54. The van der Waals surface area contributed by atoms with Crippen molar-refractivity contribution in [2.75, 3.05) is 6.61 Å². The highest BCUT2D eigenvalue weighted by molar-refractivity contribution is 7.89. The van der Waals surface area contributed by atoms with Crippen LogP contribution in [0, 0.1) is 0 Å². The lowest BCUT2D eigenvalue weighted by molar-refractivity contribution is -0.125. The Bertz CT molecular complexity index is 1200. The van der Waals surface area contributed by atoms with Crippen molar-refractivity contribution in [3.05, 3.63) is 95.6 Å². The molecule has 0 spiro atoms. The van der Waals surface area contributed by atoms with Gasteiger partial charge in [-0.05, 0) is 42.7 Å². The standard InChI is InChI=1S/C25H26N2O4S/c1-2-31-24-15-9-8-11-20(24)17-26-25(28)23-16-19-10-6-7-12-21(19)18-27(23)32(29,30)22-13-4-3-5-14-22/h3-15,23H,2,16-18H2,1H3,(H,26,28)/t23-/m0/s1. The molecule has 1 amide bonds. The lowest BCUT2D eigenvalue weighted by atomic mass is 9.95. The lowest BCUT2D eigenvalue weighted by Crippen LogP contribution is -2.52. The summed E-state index contributed by atoms with van der Waals surface area (Å²) in [5.41, 5.74) is 2.75. The zero-order valence-electron chi connectivity index (χ0n) is 17.9. The monoisotopic (exact) mass is 450 g/mol. The molecule has 0 aromatic heterocycles. The van der Waals surface area contributed by atoms with Gasteiger partial charge in [-0.1, -0.05) is 60.7 Å². The Morgan fingerprint density at radius 1 is 0.969 bits per heavy atom. The maximum atomic E-state index is 13.5.